The third-order valence-electron chi connectivity index (χ3n) is 4.52. The minimum atomic E-state index is -0.343. The molecule has 0 unspecified atom stereocenters. The standard InChI is InChI=1S/C20H25NO5/c1-3-25-20(22)16-11-21-10-15(16)17-9-18(23-2)19(26-17)13-24-12-14-7-5-4-6-8-14/h4-8,10-11,17-19,21H,3,9,12-13H2,1-2H3/t17-,18-,19+/m0/s1. The first kappa shape index (κ1) is 18.6. The summed E-state index contributed by atoms with van der Waals surface area (Å²) in [5.74, 6) is -0.343. The van der Waals surface area contributed by atoms with E-state index in [1.807, 2.05) is 30.3 Å². The van der Waals surface area contributed by atoms with E-state index in [1.165, 1.54) is 0 Å². The molecule has 0 amide bonds. The quantitative estimate of drug-likeness (QED) is 0.733. The van der Waals surface area contributed by atoms with Crippen LogP contribution in [0, 0.1) is 0 Å². The smallest absolute Gasteiger partial charge is 0.340 e. The van der Waals surface area contributed by atoms with Crippen LogP contribution in [0.2, 0.25) is 0 Å². The summed E-state index contributed by atoms with van der Waals surface area (Å²) in [6.07, 6.45) is 3.62. The molecule has 6 nitrogen and oxygen atoms in total. The summed E-state index contributed by atoms with van der Waals surface area (Å²) in [7, 11) is 1.67. The van der Waals surface area contributed by atoms with Crippen LogP contribution in [-0.4, -0.2) is 43.5 Å². The number of benzene rings is 1. The molecule has 2 aromatic rings. The van der Waals surface area contributed by atoms with Crippen LogP contribution < -0.4 is 0 Å². The van der Waals surface area contributed by atoms with Crippen LogP contribution in [0.1, 0.15) is 40.9 Å². The van der Waals surface area contributed by atoms with Crippen LogP contribution in [-0.2, 0) is 25.6 Å². The number of aromatic amines is 1. The number of hydrogen-bond acceptors (Lipinski definition) is 5. The van der Waals surface area contributed by atoms with Gasteiger partial charge in [0, 0.05) is 31.5 Å². The van der Waals surface area contributed by atoms with Gasteiger partial charge in [-0.1, -0.05) is 30.3 Å². The van der Waals surface area contributed by atoms with Crippen LogP contribution in [0.25, 0.3) is 0 Å². The third-order valence-corrected chi connectivity index (χ3v) is 4.52. The van der Waals surface area contributed by atoms with E-state index in [4.69, 9.17) is 18.9 Å². The molecule has 1 aromatic carbocycles. The number of H-pyrrole nitrogens is 1. The van der Waals surface area contributed by atoms with Crippen molar-refractivity contribution in [2.75, 3.05) is 20.3 Å². The molecule has 0 spiro atoms. The van der Waals surface area contributed by atoms with Crippen molar-refractivity contribution in [1.82, 2.24) is 4.98 Å². The van der Waals surface area contributed by atoms with Gasteiger partial charge in [0.1, 0.15) is 6.10 Å². The number of methoxy groups -OCH3 is 1. The van der Waals surface area contributed by atoms with E-state index in [2.05, 4.69) is 4.98 Å². The van der Waals surface area contributed by atoms with Crippen LogP contribution >= 0.6 is 0 Å². The summed E-state index contributed by atoms with van der Waals surface area (Å²) in [4.78, 5) is 15.1. The lowest BCUT2D eigenvalue weighted by atomic mass is 10.0. The van der Waals surface area contributed by atoms with Crippen molar-refractivity contribution in [3.8, 4) is 0 Å². The first-order valence-corrected chi connectivity index (χ1v) is 8.86. The Morgan fingerprint density at radius 2 is 2.08 bits per heavy atom. The molecule has 1 saturated heterocycles. The first-order chi connectivity index (χ1) is 12.7. The van der Waals surface area contributed by atoms with E-state index in [9.17, 15) is 4.79 Å². The molecule has 0 aliphatic carbocycles. The molecule has 3 atom stereocenters. The summed E-state index contributed by atoms with van der Waals surface area (Å²) in [6, 6.07) is 10.0. The second kappa shape index (κ2) is 8.98. The Bertz CT molecular complexity index is 699. The summed E-state index contributed by atoms with van der Waals surface area (Å²) < 4.78 is 22.6. The third kappa shape index (κ3) is 4.33. The zero-order valence-corrected chi connectivity index (χ0v) is 15.1. The molecule has 3 rings (SSSR count). The molecule has 0 radical (unpaired) electrons. The Balaban J connectivity index is 1.60. The van der Waals surface area contributed by atoms with Gasteiger partial charge in [-0.2, -0.15) is 0 Å². The van der Waals surface area contributed by atoms with Gasteiger partial charge in [-0.05, 0) is 12.5 Å². The van der Waals surface area contributed by atoms with Crippen LogP contribution in [0.5, 0.6) is 0 Å². The molecule has 1 fully saturated rings. The predicted octanol–water partition coefficient (Wildman–Crippen LogP) is 3.25. The first-order valence-electron chi connectivity index (χ1n) is 8.86. The van der Waals surface area contributed by atoms with Crippen LogP contribution in [0.4, 0.5) is 0 Å². The molecule has 0 bridgehead atoms. The summed E-state index contributed by atoms with van der Waals surface area (Å²) in [5.41, 5.74) is 2.43. The topological polar surface area (TPSA) is 69.8 Å². The Labute approximate surface area is 153 Å². The fraction of sp³-hybridized carbons (Fsp3) is 0.450. The van der Waals surface area contributed by atoms with Crippen molar-refractivity contribution in [2.24, 2.45) is 0 Å². The molecular weight excluding hydrogens is 334 g/mol. The molecule has 1 aliphatic heterocycles. The van der Waals surface area contributed by atoms with Crippen molar-refractivity contribution in [2.45, 2.75) is 38.3 Å². The van der Waals surface area contributed by atoms with Gasteiger partial charge >= 0.3 is 5.97 Å². The maximum Gasteiger partial charge on any atom is 0.340 e. The number of carbonyl (C=O) groups excluding carboxylic acids is 1. The van der Waals surface area contributed by atoms with Gasteiger partial charge in [-0.3, -0.25) is 0 Å². The highest BCUT2D eigenvalue weighted by atomic mass is 16.6. The van der Waals surface area contributed by atoms with Crippen molar-refractivity contribution < 1.29 is 23.7 Å². The molecule has 140 valence electrons. The zero-order valence-electron chi connectivity index (χ0n) is 15.1. The van der Waals surface area contributed by atoms with Gasteiger partial charge < -0.3 is 23.9 Å². The molecule has 1 aromatic heterocycles. The molecule has 6 heteroatoms. The number of carbonyl (C=O) groups is 1. The summed E-state index contributed by atoms with van der Waals surface area (Å²) >= 11 is 0. The molecule has 1 aliphatic rings. The van der Waals surface area contributed by atoms with Crippen molar-refractivity contribution in [3.63, 3.8) is 0 Å². The second-order valence-corrected chi connectivity index (χ2v) is 6.22. The van der Waals surface area contributed by atoms with Crippen molar-refractivity contribution in [1.29, 1.82) is 0 Å². The van der Waals surface area contributed by atoms with Gasteiger partial charge in [-0.25, -0.2) is 4.79 Å². The van der Waals surface area contributed by atoms with Gasteiger partial charge in [0.15, 0.2) is 0 Å². The van der Waals surface area contributed by atoms with E-state index >= 15 is 0 Å². The lowest BCUT2D eigenvalue weighted by molar-refractivity contribution is -0.0581. The number of hydrogen-bond donors (Lipinski definition) is 1. The number of nitrogens with one attached hydrogen (secondary N) is 1. The zero-order chi connectivity index (χ0) is 18.4. The average Bonchev–Trinajstić information content (AvgIpc) is 3.29. The van der Waals surface area contributed by atoms with Gasteiger partial charge in [0.25, 0.3) is 0 Å². The lowest BCUT2D eigenvalue weighted by Gasteiger charge is -2.17. The number of esters is 1. The Kier molecular flexibility index (Phi) is 6.44. The monoisotopic (exact) mass is 359 g/mol. The number of rotatable bonds is 8. The highest BCUT2D eigenvalue weighted by Crippen LogP contribution is 2.36. The Morgan fingerprint density at radius 1 is 1.27 bits per heavy atom. The fourth-order valence-corrected chi connectivity index (χ4v) is 3.21. The molecule has 2 heterocycles. The van der Waals surface area contributed by atoms with Crippen molar-refractivity contribution >= 4 is 5.97 Å². The van der Waals surface area contributed by atoms with Crippen LogP contribution in [0.15, 0.2) is 42.7 Å². The number of aromatic nitrogens is 1. The highest BCUT2D eigenvalue weighted by Gasteiger charge is 2.38. The highest BCUT2D eigenvalue weighted by molar-refractivity contribution is 5.91. The van der Waals surface area contributed by atoms with E-state index in [0.29, 0.717) is 31.8 Å². The van der Waals surface area contributed by atoms with E-state index < -0.39 is 0 Å². The molecule has 1 N–H and O–H groups in total. The van der Waals surface area contributed by atoms with E-state index in [0.717, 1.165) is 11.1 Å². The van der Waals surface area contributed by atoms with E-state index in [-0.39, 0.29) is 24.3 Å². The molecule has 26 heavy (non-hydrogen) atoms. The largest absolute Gasteiger partial charge is 0.462 e. The maximum absolute atomic E-state index is 12.1. The second-order valence-electron chi connectivity index (χ2n) is 6.22. The van der Waals surface area contributed by atoms with Gasteiger partial charge in [0.05, 0.1) is 37.6 Å². The SMILES string of the molecule is CCOC(=O)c1c[nH]cc1[C@@H]1C[C@H](OC)[C@@H](COCc2ccccc2)O1. The molecular formula is C20H25NO5. The Hall–Kier alpha value is -2.15. The van der Waals surface area contributed by atoms with Crippen molar-refractivity contribution in [3.05, 3.63) is 59.4 Å². The number of ether oxygens (including phenoxy) is 4. The van der Waals surface area contributed by atoms with Gasteiger partial charge in [-0.15, -0.1) is 0 Å². The average molecular weight is 359 g/mol. The predicted molar refractivity (Wildman–Crippen MR) is 95.9 cm³/mol. The fourth-order valence-electron chi connectivity index (χ4n) is 3.21. The van der Waals surface area contributed by atoms with E-state index in [1.54, 1.807) is 26.4 Å². The molecule has 0 saturated carbocycles. The summed E-state index contributed by atoms with van der Waals surface area (Å²) in [6.45, 7) is 3.09. The minimum absolute atomic E-state index is 0.0827. The van der Waals surface area contributed by atoms with Crippen LogP contribution in [0.3, 0.4) is 0 Å². The normalized spacial score (nSPS) is 22.5. The van der Waals surface area contributed by atoms with Gasteiger partial charge in [0.2, 0.25) is 0 Å². The lowest BCUT2D eigenvalue weighted by Crippen LogP contribution is -2.28. The Morgan fingerprint density at radius 3 is 2.81 bits per heavy atom. The maximum atomic E-state index is 12.1. The minimum Gasteiger partial charge on any atom is -0.462 e. The summed E-state index contributed by atoms with van der Waals surface area (Å²) in [5, 5.41) is 0.